The molecular weight excluding hydrogens is 546 g/mol. The molecule has 42 heavy (non-hydrogen) atoms. The predicted molar refractivity (Wildman–Crippen MR) is 172 cm³/mol. The zero-order valence-corrected chi connectivity index (χ0v) is 28.3. The van der Waals surface area contributed by atoms with Gasteiger partial charge in [0.1, 0.15) is 23.0 Å². The number of rotatable bonds is 6. The first kappa shape index (κ1) is 31.8. The van der Waals surface area contributed by atoms with Crippen LogP contribution in [0.1, 0.15) is 70.5 Å². The van der Waals surface area contributed by atoms with E-state index in [0.717, 1.165) is 57.6 Å². The van der Waals surface area contributed by atoms with Crippen molar-refractivity contribution in [2.45, 2.75) is 98.1 Å². The van der Waals surface area contributed by atoms with Gasteiger partial charge in [-0.3, -0.25) is 0 Å². The second-order valence-electron chi connectivity index (χ2n) is 13.9. The molecule has 10 heteroatoms. The van der Waals surface area contributed by atoms with Crippen LogP contribution in [0.15, 0.2) is 18.2 Å². The molecule has 1 amide bonds. The summed E-state index contributed by atoms with van der Waals surface area (Å²) in [6, 6.07) is 3.98. The Hall–Kier alpha value is -3.11. The minimum Gasteiger partial charge on any atom is -0.491 e. The Morgan fingerprint density at radius 3 is 2.48 bits per heavy atom. The van der Waals surface area contributed by atoms with Crippen molar-refractivity contribution >= 4 is 37.3 Å². The maximum atomic E-state index is 13.3. The number of aromatic nitrogens is 2. The number of nitrogens with one attached hydrogen (secondary N) is 2. The number of fused-ring (bicyclic) bond motifs is 1. The Labute approximate surface area is 252 Å². The van der Waals surface area contributed by atoms with Gasteiger partial charge in [0.2, 0.25) is 0 Å². The van der Waals surface area contributed by atoms with E-state index in [1.54, 1.807) is 4.90 Å². The fourth-order valence-electron chi connectivity index (χ4n) is 5.07. The zero-order chi connectivity index (χ0) is 31.0. The summed E-state index contributed by atoms with van der Waals surface area (Å²) < 4.78 is 19.0. The summed E-state index contributed by atoms with van der Waals surface area (Å²) in [6.07, 6.45) is 3.01. The molecule has 2 aromatic heterocycles. The first-order valence-corrected chi connectivity index (χ1v) is 17.8. The van der Waals surface area contributed by atoms with Crippen LogP contribution < -0.4 is 15.4 Å². The lowest BCUT2D eigenvalue weighted by molar-refractivity contribution is 0.0196. The molecule has 230 valence electrons. The molecule has 1 atom stereocenters. The highest BCUT2D eigenvalue weighted by atomic mass is 28.4. The molecule has 0 spiro atoms. The average Bonchev–Trinajstić information content (AvgIpc) is 3.21. The number of carbonyl (C=O) groups excluding carboxylic acids is 1. The molecular formula is C32H49N5O4Si. The fraction of sp³-hybridized carbons (Fsp3) is 0.594. The number of nitrogens with zero attached hydrogens (tertiary/aromatic N) is 3. The quantitative estimate of drug-likeness (QED) is 0.338. The van der Waals surface area contributed by atoms with E-state index in [-0.39, 0.29) is 17.2 Å². The monoisotopic (exact) mass is 595 g/mol. The van der Waals surface area contributed by atoms with E-state index in [4.69, 9.17) is 23.9 Å². The van der Waals surface area contributed by atoms with E-state index in [0.29, 0.717) is 26.1 Å². The van der Waals surface area contributed by atoms with Gasteiger partial charge in [-0.2, -0.15) is 0 Å². The van der Waals surface area contributed by atoms with Gasteiger partial charge in [-0.05, 0) is 70.8 Å². The number of anilines is 3. The molecule has 0 aliphatic carbocycles. The normalized spacial score (nSPS) is 17.6. The molecule has 0 bridgehead atoms. The van der Waals surface area contributed by atoms with Crippen LogP contribution in [0.5, 0.6) is 5.75 Å². The van der Waals surface area contributed by atoms with Crippen LogP contribution in [-0.4, -0.2) is 67.7 Å². The molecule has 4 heterocycles. The summed E-state index contributed by atoms with van der Waals surface area (Å²) in [4.78, 5) is 24.7. The highest BCUT2D eigenvalue weighted by Gasteiger charge is 2.41. The number of aryl methyl sites for hydroxylation is 1. The fourth-order valence-corrected chi connectivity index (χ4v) is 6.41. The maximum Gasteiger partial charge on any atom is 0.410 e. The van der Waals surface area contributed by atoms with Crippen molar-refractivity contribution in [3.8, 4) is 5.75 Å². The van der Waals surface area contributed by atoms with E-state index in [1.165, 1.54) is 0 Å². The number of pyridine rings is 2. The molecule has 0 saturated heterocycles. The summed E-state index contributed by atoms with van der Waals surface area (Å²) >= 11 is 0. The van der Waals surface area contributed by atoms with Gasteiger partial charge in [-0.1, -0.05) is 26.8 Å². The highest BCUT2D eigenvalue weighted by Crippen LogP contribution is 2.43. The summed E-state index contributed by atoms with van der Waals surface area (Å²) in [6.45, 7) is 22.4. The van der Waals surface area contributed by atoms with Crippen LogP contribution in [-0.2, 0) is 15.6 Å². The molecule has 2 aliphatic rings. The van der Waals surface area contributed by atoms with Crippen LogP contribution in [0.4, 0.5) is 22.1 Å². The lowest BCUT2D eigenvalue weighted by atomic mass is 9.94. The molecule has 2 aromatic rings. The second-order valence-corrected chi connectivity index (χ2v) is 18.7. The van der Waals surface area contributed by atoms with Gasteiger partial charge in [-0.15, -0.1) is 0 Å². The lowest BCUT2D eigenvalue weighted by Gasteiger charge is -2.40. The Balaban J connectivity index is 1.77. The smallest absolute Gasteiger partial charge is 0.410 e. The van der Waals surface area contributed by atoms with Crippen molar-refractivity contribution in [1.82, 2.24) is 14.9 Å². The van der Waals surface area contributed by atoms with Crippen molar-refractivity contribution in [1.29, 1.82) is 0 Å². The van der Waals surface area contributed by atoms with E-state index in [9.17, 15) is 4.79 Å². The van der Waals surface area contributed by atoms with Crippen LogP contribution in [0.2, 0.25) is 18.1 Å². The molecule has 4 rings (SSSR count). The van der Waals surface area contributed by atoms with E-state index in [1.807, 2.05) is 46.9 Å². The van der Waals surface area contributed by atoms with Crippen LogP contribution in [0.3, 0.4) is 0 Å². The molecule has 1 unspecified atom stereocenters. The molecule has 9 nitrogen and oxygen atoms in total. The van der Waals surface area contributed by atoms with Crippen LogP contribution in [0.25, 0.3) is 5.57 Å². The number of ether oxygens (including phenoxy) is 2. The summed E-state index contributed by atoms with van der Waals surface area (Å²) in [5.41, 5.74) is 5.33. The topological polar surface area (TPSA) is 97.8 Å². The van der Waals surface area contributed by atoms with Gasteiger partial charge in [0, 0.05) is 55.1 Å². The van der Waals surface area contributed by atoms with Crippen molar-refractivity contribution in [3.63, 3.8) is 0 Å². The Morgan fingerprint density at radius 2 is 1.83 bits per heavy atom. The number of hydrogen-bond donors (Lipinski definition) is 2. The third-order valence-electron chi connectivity index (χ3n) is 8.21. The van der Waals surface area contributed by atoms with Gasteiger partial charge in [0.05, 0.1) is 18.4 Å². The van der Waals surface area contributed by atoms with E-state index < -0.39 is 13.9 Å². The summed E-state index contributed by atoms with van der Waals surface area (Å²) in [5, 5.41) is 6.71. The standard InChI is InChI=1S/C32H49N5O4Si/c1-20-16-23(33-9)18-26(34-20)36-29-21(2)27(28-25(35-29)13-15-39-28)22-12-14-37(30(38)40-31(3,4)5)19-24(17-22)41-42(10,11)32(6,7)8/h12,16,18,24H,13-15,17,19H2,1-11H3,(H2,33,34,35,36). The second kappa shape index (κ2) is 11.9. The van der Waals surface area contributed by atoms with Gasteiger partial charge in [0.25, 0.3) is 0 Å². The first-order chi connectivity index (χ1) is 19.5. The number of hydrogen-bond acceptors (Lipinski definition) is 8. The summed E-state index contributed by atoms with van der Waals surface area (Å²) in [7, 11) is -0.246. The molecule has 0 radical (unpaired) electrons. The predicted octanol–water partition coefficient (Wildman–Crippen LogP) is 7.23. The Morgan fingerprint density at radius 1 is 1.12 bits per heavy atom. The highest BCUT2D eigenvalue weighted by molar-refractivity contribution is 6.74. The zero-order valence-electron chi connectivity index (χ0n) is 27.3. The Kier molecular flexibility index (Phi) is 9.00. The van der Waals surface area contributed by atoms with Crippen LogP contribution >= 0.6 is 0 Å². The Bertz CT molecular complexity index is 1360. The van der Waals surface area contributed by atoms with Crippen molar-refractivity contribution in [2.24, 2.45) is 0 Å². The van der Waals surface area contributed by atoms with Crippen molar-refractivity contribution in [2.75, 3.05) is 37.4 Å². The van der Waals surface area contributed by atoms with Gasteiger partial charge in [0.15, 0.2) is 8.32 Å². The number of amides is 1. The van der Waals surface area contributed by atoms with Gasteiger partial charge in [-0.25, -0.2) is 14.8 Å². The average molecular weight is 596 g/mol. The summed E-state index contributed by atoms with van der Waals surface area (Å²) in [5.74, 6) is 2.31. The largest absolute Gasteiger partial charge is 0.491 e. The van der Waals surface area contributed by atoms with E-state index >= 15 is 0 Å². The van der Waals surface area contributed by atoms with Gasteiger partial charge >= 0.3 is 6.09 Å². The number of carbonyl (C=O) groups is 1. The molecule has 2 aliphatic heterocycles. The molecule has 0 saturated carbocycles. The van der Waals surface area contributed by atoms with Crippen molar-refractivity contribution < 1.29 is 18.7 Å². The molecule has 2 N–H and O–H groups in total. The minimum absolute atomic E-state index is 0.0287. The van der Waals surface area contributed by atoms with Crippen LogP contribution in [0, 0.1) is 13.8 Å². The third-order valence-corrected chi connectivity index (χ3v) is 12.7. The minimum atomic E-state index is -2.14. The lowest BCUT2D eigenvalue weighted by Crippen LogP contribution is -2.48. The maximum absolute atomic E-state index is 13.3. The third kappa shape index (κ3) is 7.26. The van der Waals surface area contributed by atoms with Crippen molar-refractivity contribution in [3.05, 3.63) is 40.7 Å². The SMILES string of the molecule is CNc1cc(C)nc(Nc2nc3c(c(C4=CCN(C(=O)OC(C)(C)C)CC(O[Si](C)(C)C(C)(C)C)C4)c2C)OCC3)c1. The molecule has 0 fully saturated rings. The molecule has 0 aromatic carbocycles. The van der Waals surface area contributed by atoms with E-state index in [2.05, 4.69) is 57.5 Å². The first-order valence-electron chi connectivity index (χ1n) is 14.9. The van der Waals surface area contributed by atoms with Gasteiger partial charge < -0.3 is 29.4 Å².